The van der Waals surface area contributed by atoms with E-state index in [2.05, 4.69) is 0 Å². The maximum atomic E-state index is 11.8. The zero-order valence-electron chi connectivity index (χ0n) is 14.2. The Balaban J connectivity index is 1.90. The Kier molecular flexibility index (Phi) is 5.46. The Bertz CT molecular complexity index is 780. The minimum absolute atomic E-state index is 0.699. The van der Waals surface area contributed by atoms with Gasteiger partial charge in [-0.1, -0.05) is 0 Å². The monoisotopic (exact) mass is 420 g/mol. The third kappa shape index (κ3) is 4.08. The van der Waals surface area contributed by atoms with Gasteiger partial charge < -0.3 is 47.0 Å². The topological polar surface area (TPSA) is 280 Å². The average molecular weight is 420 g/mol. The Morgan fingerprint density at radius 2 is 1.38 bits per heavy atom. The summed E-state index contributed by atoms with van der Waals surface area (Å²) in [5.41, 5.74) is -5.19. The molecule has 0 aromatic heterocycles. The number of aliphatic hydroxyl groups is 4. The molecule has 18 nitrogen and oxygen atoms in total. The lowest BCUT2D eigenvalue weighted by molar-refractivity contribution is -0.345. The lowest BCUT2D eigenvalue weighted by Crippen LogP contribution is -2.75. The number of hydrogen-bond acceptors (Lipinski definition) is 10. The molecule has 0 aromatic rings. The summed E-state index contributed by atoms with van der Waals surface area (Å²) in [6, 6.07) is -4.72. The van der Waals surface area contributed by atoms with Crippen LogP contribution in [-0.4, -0.2) is 86.9 Å². The van der Waals surface area contributed by atoms with Gasteiger partial charge in [-0.2, -0.15) is 0 Å². The van der Waals surface area contributed by atoms with Crippen molar-refractivity contribution in [1.29, 1.82) is 0 Å². The predicted molar refractivity (Wildman–Crippen MR) is 83.5 cm³/mol. The van der Waals surface area contributed by atoms with E-state index in [0.29, 0.717) is 0 Å². The van der Waals surface area contributed by atoms with Gasteiger partial charge in [0.25, 0.3) is 17.5 Å². The van der Waals surface area contributed by atoms with Gasteiger partial charge in [0, 0.05) is 0 Å². The van der Waals surface area contributed by atoms with Gasteiger partial charge in [-0.3, -0.25) is 25.5 Å². The quantitative estimate of drug-likeness (QED) is 0.142. The zero-order valence-corrected chi connectivity index (χ0v) is 14.2. The number of hydrogen-bond donors (Lipinski definition) is 12. The molecule has 0 bridgehead atoms. The van der Waals surface area contributed by atoms with Crippen LogP contribution in [0.2, 0.25) is 0 Å². The molecule has 2 aliphatic heterocycles. The smallest absolute Gasteiger partial charge is 0.330 e. The third-order valence-corrected chi connectivity index (χ3v) is 3.68. The van der Waals surface area contributed by atoms with Crippen LogP contribution in [0.1, 0.15) is 0 Å². The van der Waals surface area contributed by atoms with E-state index in [-0.39, 0.29) is 0 Å². The summed E-state index contributed by atoms with van der Waals surface area (Å²) in [5.74, 6) is -6.43. The zero-order chi connectivity index (χ0) is 22.0. The van der Waals surface area contributed by atoms with Crippen LogP contribution >= 0.6 is 0 Å². The number of rotatable bonds is 6. The first kappa shape index (κ1) is 21.6. The second-order valence-corrected chi connectivity index (χ2v) is 5.70. The highest BCUT2D eigenvalue weighted by Gasteiger charge is 2.62. The number of aliphatic hydroxyl groups excluding tert-OH is 1. The molecule has 2 saturated heterocycles. The van der Waals surface area contributed by atoms with Crippen LogP contribution in [0, 0.1) is 0 Å². The summed E-state index contributed by atoms with van der Waals surface area (Å²) in [6.07, 6.45) is 0. The summed E-state index contributed by atoms with van der Waals surface area (Å²) in [5, 5.41) is 51.6. The first-order chi connectivity index (χ1) is 13.3. The van der Waals surface area contributed by atoms with E-state index in [1.807, 2.05) is 21.3 Å². The summed E-state index contributed by atoms with van der Waals surface area (Å²) >= 11 is 0. The molecule has 10 amide bonds. The van der Waals surface area contributed by atoms with Crippen LogP contribution < -0.4 is 42.5 Å². The summed E-state index contributed by atoms with van der Waals surface area (Å²) in [6.45, 7) is -1.69. The van der Waals surface area contributed by atoms with Gasteiger partial charge in [-0.05, 0) is 0 Å². The van der Waals surface area contributed by atoms with E-state index in [4.69, 9.17) is 0 Å². The van der Waals surface area contributed by atoms with Gasteiger partial charge in [-0.25, -0.2) is 19.2 Å². The molecule has 18 heteroatoms. The van der Waals surface area contributed by atoms with Gasteiger partial charge in [0.2, 0.25) is 5.66 Å². The fourth-order valence-corrected chi connectivity index (χ4v) is 2.25. The molecule has 0 aromatic carbocycles. The first-order valence-corrected chi connectivity index (χ1v) is 7.52. The van der Waals surface area contributed by atoms with Gasteiger partial charge in [0.15, 0.2) is 0 Å². The Morgan fingerprint density at radius 3 is 1.79 bits per heavy atom. The van der Waals surface area contributed by atoms with Crippen molar-refractivity contribution < 1.29 is 49.2 Å². The van der Waals surface area contributed by atoms with Crippen molar-refractivity contribution in [3.8, 4) is 0 Å². The number of imide groups is 2. The Morgan fingerprint density at radius 1 is 0.862 bits per heavy atom. The molecule has 2 fully saturated rings. The van der Waals surface area contributed by atoms with Gasteiger partial charge >= 0.3 is 30.1 Å². The predicted octanol–water partition coefficient (Wildman–Crippen LogP) is -6.76. The van der Waals surface area contributed by atoms with Crippen LogP contribution in [0.4, 0.5) is 19.2 Å². The van der Waals surface area contributed by atoms with Crippen molar-refractivity contribution in [3.63, 3.8) is 0 Å². The largest absolute Gasteiger partial charge is 0.391 e. The Hall–Kier alpha value is -3.74. The van der Waals surface area contributed by atoms with Crippen molar-refractivity contribution in [2.45, 2.75) is 17.3 Å². The molecule has 2 atom stereocenters. The molecule has 0 saturated carbocycles. The number of nitrogens with one attached hydrogen (secondary N) is 8. The highest BCUT2D eigenvalue weighted by molar-refractivity contribution is 6.09. The van der Waals surface area contributed by atoms with Crippen molar-refractivity contribution >= 4 is 35.9 Å². The molecule has 29 heavy (non-hydrogen) atoms. The minimum atomic E-state index is -3.90. The number of carbonyl (C=O) groups is 6. The Labute approximate surface area is 159 Å². The van der Waals surface area contributed by atoms with Crippen LogP contribution in [0.15, 0.2) is 0 Å². The molecule has 160 valence electrons. The minimum Gasteiger partial charge on any atom is -0.391 e. The maximum absolute atomic E-state index is 11.8. The van der Waals surface area contributed by atoms with Crippen LogP contribution in [0.25, 0.3) is 0 Å². The van der Waals surface area contributed by atoms with Gasteiger partial charge in [0.05, 0.1) is 13.3 Å². The maximum Gasteiger partial charge on any atom is 0.330 e. The lowest BCUT2D eigenvalue weighted by atomic mass is 10.1. The van der Waals surface area contributed by atoms with E-state index in [0.717, 1.165) is 0 Å². The standard InChI is InChI=1S/C11H16N8O10/c20-1-9(3(21)14-7(25)17-9)16-5(23)12-2-13-6(24)18-10(11(27,28)29)4(22)15-8(26)19-10/h20,27-29H,1-2H2,(H2,12,16,23)(H2,13,18,24)(H2,14,17,21,25)(H2,15,19,22,26). The highest BCUT2D eigenvalue weighted by atomic mass is 16.7. The second-order valence-electron chi connectivity index (χ2n) is 5.70. The third-order valence-electron chi connectivity index (χ3n) is 3.68. The number of carbonyl (C=O) groups excluding carboxylic acids is 6. The fraction of sp³-hybridized carbons (Fsp3) is 0.455. The molecule has 0 radical (unpaired) electrons. The van der Waals surface area contributed by atoms with Crippen molar-refractivity contribution in [1.82, 2.24) is 42.5 Å². The molecule has 0 spiro atoms. The van der Waals surface area contributed by atoms with E-state index in [1.165, 1.54) is 0 Å². The van der Waals surface area contributed by atoms with Crippen LogP contribution in [0.5, 0.6) is 0 Å². The van der Waals surface area contributed by atoms with Gasteiger partial charge in [-0.15, -0.1) is 0 Å². The molecule has 2 aliphatic rings. The molecule has 2 rings (SSSR count). The SMILES string of the molecule is O=C(NCNC(=O)NC1(C(O)(O)O)NC(=O)NC1=O)NC1(CO)NC(=O)NC1=O. The first-order valence-electron chi connectivity index (χ1n) is 7.52. The van der Waals surface area contributed by atoms with E-state index < -0.39 is 66.5 Å². The summed E-state index contributed by atoms with van der Waals surface area (Å²) < 4.78 is 0. The van der Waals surface area contributed by atoms with Crippen molar-refractivity contribution in [2.24, 2.45) is 0 Å². The van der Waals surface area contributed by atoms with Crippen molar-refractivity contribution in [2.75, 3.05) is 13.3 Å². The van der Waals surface area contributed by atoms with Crippen LogP contribution in [-0.2, 0) is 9.59 Å². The molecular formula is C11H16N8O10. The molecule has 12 N–H and O–H groups in total. The molecular weight excluding hydrogens is 404 g/mol. The lowest BCUT2D eigenvalue weighted by Gasteiger charge is -2.33. The summed E-state index contributed by atoms with van der Waals surface area (Å²) in [7, 11) is 0. The number of urea groups is 4. The number of amides is 10. The average Bonchev–Trinajstić information content (AvgIpc) is 3.02. The van der Waals surface area contributed by atoms with Gasteiger partial charge in [0.1, 0.15) is 0 Å². The van der Waals surface area contributed by atoms with E-state index in [9.17, 15) is 49.2 Å². The van der Waals surface area contributed by atoms with E-state index in [1.54, 1.807) is 21.3 Å². The molecule has 2 unspecified atom stereocenters. The molecule has 0 aliphatic carbocycles. The molecule has 2 heterocycles. The summed E-state index contributed by atoms with van der Waals surface area (Å²) in [4.78, 5) is 69.2. The van der Waals surface area contributed by atoms with E-state index >= 15 is 0 Å². The van der Waals surface area contributed by atoms with Crippen LogP contribution in [0.3, 0.4) is 0 Å². The highest BCUT2D eigenvalue weighted by Crippen LogP contribution is 2.18. The van der Waals surface area contributed by atoms with Crippen molar-refractivity contribution in [3.05, 3.63) is 0 Å². The fourth-order valence-electron chi connectivity index (χ4n) is 2.25. The normalized spacial score (nSPS) is 26.1. The second kappa shape index (κ2) is 7.35.